The molecule has 0 N–H and O–H groups in total. The molecule has 2 aromatic carbocycles. The molecule has 0 radical (unpaired) electrons. The molecular formula is C18H15NO4. The molecule has 0 saturated carbocycles. The maximum absolute atomic E-state index is 12.0. The fourth-order valence-corrected chi connectivity index (χ4v) is 1.95. The van der Waals surface area contributed by atoms with Gasteiger partial charge in [-0.2, -0.15) is 0 Å². The number of rotatable bonds is 6. The van der Waals surface area contributed by atoms with Gasteiger partial charge in [-0.1, -0.05) is 24.3 Å². The summed E-state index contributed by atoms with van der Waals surface area (Å²) in [6.45, 7) is 0. The Balaban J connectivity index is 2.06. The lowest BCUT2D eigenvalue weighted by Crippen LogP contribution is -1.93. The number of hydrogen-bond donors (Lipinski definition) is 0. The van der Waals surface area contributed by atoms with E-state index in [1.807, 2.05) is 0 Å². The third-order valence-electron chi connectivity index (χ3n) is 3.14. The first-order valence-electron chi connectivity index (χ1n) is 6.88. The molecule has 0 unspecified atom stereocenters. The molecule has 0 heterocycles. The molecule has 5 heteroatoms. The third-order valence-corrected chi connectivity index (χ3v) is 3.14. The molecule has 0 saturated heterocycles. The maximum Gasteiger partial charge on any atom is 0.276 e. The number of methoxy groups -OCH3 is 1. The van der Waals surface area contributed by atoms with Crippen molar-refractivity contribution >= 4 is 17.5 Å². The van der Waals surface area contributed by atoms with Crippen molar-refractivity contribution < 1.29 is 14.5 Å². The number of ether oxygens (including phenoxy) is 1. The molecule has 2 rings (SSSR count). The maximum atomic E-state index is 12.0. The highest BCUT2D eigenvalue weighted by atomic mass is 16.6. The number of allylic oxidation sites excluding steroid dienone is 3. The smallest absolute Gasteiger partial charge is 0.276 e. The van der Waals surface area contributed by atoms with E-state index in [0.717, 1.165) is 0 Å². The zero-order valence-corrected chi connectivity index (χ0v) is 12.5. The Bertz CT molecular complexity index is 761. The van der Waals surface area contributed by atoms with Crippen LogP contribution in [0.15, 0.2) is 66.8 Å². The van der Waals surface area contributed by atoms with E-state index in [9.17, 15) is 14.9 Å². The second kappa shape index (κ2) is 7.70. The molecule has 0 aromatic heterocycles. The summed E-state index contributed by atoms with van der Waals surface area (Å²) in [4.78, 5) is 22.4. The van der Waals surface area contributed by atoms with Crippen molar-refractivity contribution in [3.8, 4) is 5.75 Å². The van der Waals surface area contributed by atoms with Crippen LogP contribution < -0.4 is 4.74 Å². The number of nitrogens with zero attached hydrogens (tertiary/aromatic N) is 1. The second-order valence-corrected chi connectivity index (χ2v) is 4.63. The molecule has 0 atom stereocenters. The summed E-state index contributed by atoms with van der Waals surface area (Å²) in [5.74, 6) is 0.529. The van der Waals surface area contributed by atoms with Gasteiger partial charge in [0.25, 0.3) is 5.69 Å². The van der Waals surface area contributed by atoms with Crippen molar-refractivity contribution in [2.24, 2.45) is 0 Å². The van der Waals surface area contributed by atoms with Gasteiger partial charge < -0.3 is 4.74 Å². The zero-order valence-electron chi connectivity index (χ0n) is 12.5. The van der Waals surface area contributed by atoms with Crippen molar-refractivity contribution in [2.45, 2.75) is 0 Å². The lowest BCUT2D eigenvalue weighted by atomic mass is 10.1. The Labute approximate surface area is 133 Å². The monoisotopic (exact) mass is 309 g/mol. The van der Waals surface area contributed by atoms with Crippen molar-refractivity contribution in [3.63, 3.8) is 0 Å². The van der Waals surface area contributed by atoms with Gasteiger partial charge in [0.15, 0.2) is 5.78 Å². The molecule has 0 fully saturated rings. The van der Waals surface area contributed by atoms with E-state index in [2.05, 4.69) is 0 Å². The van der Waals surface area contributed by atoms with E-state index in [4.69, 9.17) is 4.74 Å². The first kappa shape index (κ1) is 16.2. The minimum Gasteiger partial charge on any atom is -0.497 e. The summed E-state index contributed by atoms with van der Waals surface area (Å²) in [5, 5.41) is 10.9. The second-order valence-electron chi connectivity index (χ2n) is 4.63. The van der Waals surface area contributed by atoms with E-state index in [1.165, 1.54) is 12.1 Å². The van der Waals surface area contributed by atoms with Crippen LogP contribution in [0.5, 0.6) is 5.75 Å². The highest BCUT2D eigenvalue weighted by Gasteiger charge is 2.08. The average Bonchev–Trinajstić information content (AvgIpc) is 2.58. The van der Waals surface area contributed by atoms with E-state index in [1.54, 1.807) is 67.8 Å². The van der Waals surface area contributed by atoms with Gasteiger partial charge in [-0.05, 0) is 42.5 Å². The first-order valence-corrected chi connectivity index (χ1v) is 6.88. The van der Waals surface area contributed by atoms with Crippen LogP contribution in [0.2, 0.25) is 0 Å². The normalized spacial score (nSPS) is 11.0. The van der Waals surface area contributed by atoms with Crippen molar-refractivity contribution in [1.82, 2.24) is 0 Å². The fourth-order valence-electron chi connectivity index (χ4n) is 1.95. The quantitative estimate of drug-likeness (QED) is 0.265. The van der Waals surface area contributed by atoms with Crippen LogP contribution in [0.25, 0.3) is 6.08 Å². The van der Waals surface area contributed by atoms with Crippen LogP contribution in [0.3, 0.4) is 0 Å². The highest BCUT2D eigenvalue weighted by Crippen LogP contribution is 2.19. The Morgan fingerprint density at radius 2 is 1.78 bits per heavy atom. The summed E-state index contributed by atoms with van der Waals surface area (Å²) in [5.41, 5.74) is 1.05. The number of carbonyl (C=O) groups excluding carboxylic acids is 1. The van der Waals surface area contributed by atoms with Crippen LogP contribution in [0, 0.1) is 10.1 Å². The van der Waals surface area contributed by atoms with Gasteiger partial charge in [0.05, 0.1) is 17.6 Å². The van der Waals surface area contributed by atoms with Crippen LogP contribution in [0.1, 0.15) is 15.9 Å². The molecule has 23 heavy (non-hydrogen) atoms. The number of hydrogen-bond acceptors (Lipinski definition) is 4. The number of ketones is 1. The fraction of sp³-hybridized carbons (Fsp3) is 0.0556. The highest BCUT2D eigenvalue weighted by molar-refractivity contribution is 6.04. The molecule has 116 valence electrons. The predicted molar refractivity (Wildman–Crippen MR) is 88.6 cm³/mol. The number of carbonyl (C=O) groups is 1. The van der Waals surface area contributed by atoms with E-state index in [0.29, 0.717) is 16.9 Å². The molecule has 5 nitrogen and oxygen atoms in total. The summed E-state index contributed by atoms with van der Waals surface area (Å²) in [7, 11) is 1.56. The number of nitro groups is 1. The van der Waals surface area contributed by atoms with Crippen LogP contribution in [-0.4, -0.2) is 17.8 Å². The van der Waals surface area contributed by atoms with Crippen LogP contribution in [-0.2, 0) is 0 Å². The first-order chi connectivity index (χ1) is 11.1. The van der Waals surface area contributed by atoms with E-state index >= 15 is 0 Å². The molecule has 0 aliphatic carbocycles. The molecule has 0 aliphatic heterocycles. The van der Waals surface area contributed by atoms with Gasteiger partial charge in [0, 0.05) is 11.6 Å². The zero-order chi connectivity index (χ0) is 16.7. The minimum absolute atomic E-state index is 0.0265. The van der Waals surface area contributed by atoms with Crippen LogP contribution >= 0.6 is 0 Å². The molecule has 0 aliphatic rings. The molecule has 0 amide bonds. The lowest BCUT2D eigenvalue weighted by molar-refractivity contribution is -0.385. The standard InChI is InChI=1S/C18H15NO4/c1-23-16-12-10-15(11-13-16)18(20)9-5-3-7-14-6-2-4-8-17(14)19(21)22/h2-13H,1H3/b7-3+,9-5+. The van der Waals surface area contributed by atoms with Crippen LogP contribution in [0.4, 0.5) is 5.69 Å². The Kier molecular flexibility index (Phi) is 5.41. The topological polar surface area (TPSA) is 69.4 Å². The Hall–Kier alpha value is -3.21. The van der Waals surface area contributed by atoms with Crippen molar-refractivity contribution in [3.05, 3.63) is 88.0 Å². The van der Waals surface area contributed by atoms with Crippen molar-refractivity contribution in [2.75, 3.05) is 7.11 Å². The summed E-state index contributed by atoms with van der Waals surface area (Å²) in [6, 6.07) is 13.2. The number of para-hydroxylation sites is 1. The van der Waals surface area contributed by atoms with Gasteiger partial charge in [-0.3, -0.25) is 14.9 Å². The van der Waals surface area contributed by atoms with Gasteiger partial charge >= 0.3 is 0 Å². The summed E-state index contributed by atoms with van der Waals surface area (Å²) < 4.78 is 5.03. The van der Waals surface area contributed by atoms with Gasteiger partial charge in [0.2, 0.25) is 0 Å². The number of nitro benzene ring substituents is 1. The number of benzene rings is 2. The molecule has 0 spiro atoms. The molecule has 2 aromatic rings. The summed E-state index contributed by atoms with van der Waals surface area (Å²) >= 11 is 0. The largest absolute Gasteiger partial charge is 0.497 e. The van der Waals surface area contributed by atoms with E-state index < -0.39 is 4.92 Å². The van der Waals surface area contributed by atoms with E-state index in [-0.39, 0.29) is 11.5 Å². The lowest BCUT2D eigenvalue weighted by Gasteiger charge is -1.99. The van der Waals surface area contributed by atoms with Gasteiger partial charge in [-0.15, -0.1) is 0 Å². The van der Waals surface area contributed by atoms with Gasteiger partial charge in [0.1, 0.15) is 5.75 Å². The average molecular weight is 309 g/mol. The third kappa shape index (κ3) is 4.38. The Morgan fingerprint density at radius 3 is 2.43 bits per heavy atom. The van der Waals surface area contributed by atoms with Crippen molar-refractivity contribution in [1.29, 1.82) is 0 Å². The predicted octanol–water partition coefficient (Wildman–Crippen LogP) is 4.06. The molecule has 0 bridgehead atoms. The summed E-state index contributed by atoms with van der Waals surface area (Å²) in [6.07, 6.45) is 6.16. The Morgan fingerprint density at radius 1 is 1.09 bits per heavy atom. The SMILES string of the molecule is COc1ccc(C(=O)/C=C/C=C/c2ccccc2[N+](=O)[O-])cc1. The van der Waals surface area contributed by atoms with Gasteiger partial charge in [-0.25, -0.2) is 0 Å². The minimum atomic E-state index is -0.439. The molecular weight excluding hydrogens is 294 g/mol.